The molecule has 2 aromatic rings. The molecule has 6 nitrogen and oxygen atoms in total. The molecule has 0 atom stereocenters. The van der Waals surface area contributed by atoms with E-state index in [-0.39, 0.29) is 0 Å². The molecule has 1 heterocycles. The highest BCUT2D eigenvalue weighted by molar-refractivity contribution is 5.87. The van der Waals surface area contributed by atoms with Crippen molar-refractivity contribution in [3.05, 3.63) is 53.3 Å². The molecule has 6 heteroatoms. The minimum Gasteiger partial charge on any atom is -0.478 e. The Kier molecular flexibility index (Phi) is 5.68. The molecule has 0 unspecified atom stereocenters. The predicted octanol–water partition coefficient (Wildman–Crippen LogP) is 1.77. The number of carbonyl (C=O) groups is 1. The first-order valence-electron chi connectivity index (χ1n) is 7.10. The lowest BCUT2D eigenvalue weighted by Gasteiger charge is -2.22. The maximum Gasteiger partial charge on any atom is 0.335 e. The Balaban J connectivity index is 2.05. The van der Waals surface area contributed by atoms with Crippen LogP contribution < -0.4 is 0 Å². The van der Waals surface area contributed by atoms with Crippen LogP contribution >= 0.6 is 0 Å². The average molecular weight is 303 g/mol. The molecule has 0 fully saturated rings. The summed E-state index contributed by atoms with van der Waals surface area (Å²) in [4.78, 5) is 13.1. The van der Waals surface area contributed by atoms with Crippen molar-refractivity contribution >= 4 is 5.97 Å². The van der Waals surface area contributed by atoms with Gasteiger partial charge < -0.3 is 9.84 Å². The summed E-state index contributed by atoms with van der Waals surface area (Å²) in [6.07, 6.45) is 1.78. The molecule has 118 valence electrons. The summed E-state index contributed by atoms with van der Waals surface area (Å²) in [7, 11) is 3.61. The lowest BCUT2D eigenvalue weighted by molar-refractivity contribution is 0.0697. The molecule has 1 aromatic heterocycles. The van der Waals surface area contributed by atoms with Crippen LogP contribution in [0.4, 0.5) is 0 Å². The zero-order valence-electron chi connectivity index (χ0n) is 12.9. The minimum atomic E-state index is -0.905. The highest BCUT2D eigenvalue weighted by atomic mass is 16.5. The monoisotopic (exact) mass is 303 g/mol. The van der Waals surface area contributed by atoms with Crippen LogP contribution in [0.15, 0.2) is 36.5 Å². The van der Waals surface area contributed by atoms with Crippen LogP contribution in [-0.4, -0.2) is 46.0 Å². The molecule has 22 heavy (non-hydrogen) atoms. The van der Waals surface area contributed by atoms with Crippen LogP contribution in [0, 0.1) is 0 Å². The Morgan fingerprint density at radius 1 is 1.27 bits per heavy atom. The number of benzene rings is 1. The van der Waals surface area contributed by atoms with E-state index in [0.717, 1.165) is 30.9 Å². The molecule has 0 amide bonds. The summed E-state index contributed by atoms with van der Waals surface area (Å²) in [6.45, 7) is 2.93. The van der Waals surface area contributed by atoms with E-state index in [0.29, 0.717) is 12.2 Å². The molecular formula is C16H21N3O3. The Morgan fingerprint density at radius 3 is 2.55 bits per heavy atom. The first-order valence-corrected chi connectivity index (χ1v) is 7.10. The van der Waals surface area contributed by atoms with Gasteiger partial charge >= 0.3 is 5.97 Å². The van der Waals surface area contributed by atoms with Crippen molar-refractivity contribution < 1.29 is 14.6 Å². The Morgan fingerprint density at radius 2 is 2.00 bits per heavy atom. The van der Waals surface area contributed by atoms with Crippen molar-refractivity contribution in [1.29, 1.82) is 0 Å². The SMILES string of the molecule is COCCN(Cc1ccc(C(=O)O)cc1)Cc1ccnn1C. The second-order valence-corrected chi connectivity index (χ2v) is 5.15. The Bertz CT molecular complexity index is 607. The zero-order chi connectivity index (χ0) is 15.9. The number of hydrogen-bond donors (Lipinski definition) is 1. The number of aromatic carboxylic acids is 1. The van der Waals surface area contributed by atoms with Gasteiger partial charge in [0.15, 0.2) is 0 Å². The van der Waals surface area contributed by atoms with Crippen molar-refractivity contribution in [2.75, 3.05) is 20.3 Å². The van der Waals surface area contributed by atoms with E-state index in [1.807, 2.05) is 29.9 Å². The van der Waals surface area contributed by atoms with Gasteiger partial charge in [0.25, 0.3) is 0 Å². The number of hydrogen-bond acceptors (Lipinski definition) is 4. The third-order valence-corrected chi connectivity index (χ3v) is 3.53. The number of methoxy groups -OCH3 is 1. The first-order chi connectivity index (χ1) is 10.6. The summed E-state index contributed by atoms with van der Waals surface area (Å²) in [5.74, 6) is -0.905. The molecule has 0 radical (unpaired) electrons. The largest absolute Gasteiger partial charge is 0.478 e. The van der Waals surface area contributed by atoms with E-state index >= 15 is 0 Å². The quantitative estimate of drug-likeness (QED) is 0.805. The van der Waals surface area contributed by atoms with Crippen molar-refractivity contribution in [2.24, 2.45) is 7.05 Å². The van der Waals surface area contributed by atoms with Crippen LogP contribution in [0.1, 0.15) is 21.6 Å². The van der Waals surface area contributed by atoms with Gasteiger partial charge in [0.2, 0.25) is 0 Å². The summed E-state index contributed by atoms with van der Waals surface area (Å²) in [6, 6.07) is 8.97. The van der Waals surface area contributed by atoms with Crippen molar-refractivity contribution in [2.45, 2.75) is 13.1 Å². The van der Waals surface area contributed by atoms with Gasteiger partial charge in [0.05, 0.1) is 17.9 Å². The van der Waals surface area contributed by atoms with E-state index in [2.05, 4.69) is 10.00 Å². The number of nitrogens with zero attached hydrogens (tertiary/aromatic N) is 3. The normalized spacial score (nSPS) is 11.0. The molecule has 0 saturated heterocycles. The second-order valence-electron chi connectivity index (χ2n) is 5.15. The van der Waals surface area contributed by atoms with Gasteiger partial charge in [-0.25, -0.2) is 4.79 Å². The van der Waals surface area contributed by atoms with E-state index in [4.69, 9.17) is 9.84 Å². The van der Waals surface area contributed by atoms with E-state index in [9.17, 15) is 4.79 Å². The van der Waals surface area contributed by atoms with Crippen LogP contribution in [-0.2, 0) is 24.9 Å². The highest BCUT2D eigenvalue weighted by Crippen LogP contribution is 2.11. The maximum absolute atomic E-state index is 10.9. The minimum absolute atomic E-state index is 0.304. The molecule has 0 aliphatic rings. The maximum atomic E-state index is 10.9. The first kappa shape index (κ1) is 16.2. The molecule has 0 bridgehead atoms. The van der Waals surface area contributed by atoms with Crippen LogP contribution in [0.5, 0.6) is 0 Å². The van der Waals surface area contributed by atoms with E-state index in [1.165, 1.54) is 0 Å². The number of carboxylic acid groups (broad SMARTS) is 1. The van der Waals surface area contributed by atoms with Gasteiger partial charge in [-0.1, -0.05) is 12.1 Å². The van der Waals surface area contributed by atoms with Gasteiger partial charge in [0, 0.05) is 40.0 Å². The molecule has 0 aliphatic carbocycles. The number of carboxylic acids is 1. The fourth-order valence-corrected chi connectivity index (χ4v) is 2.23. The summed E-state index contributed by atoms with van der Waals surface area (Å²) >= 11 is 0. The average Bonchev–Trinajstić information content (AvgIpc) is 2.90. The van der Waals surface area contributed by atoms with Gasteiger partial charge in [0.1, 0.15) is 0 Å². The predicted molar refractivity (Wildman–Crippen MR) is 82.6 cm³/mol. The fraction of sp³-hybridized carbons (Fsp3) is 0.375. The van der Waals surface area contributed by atoms with Crippen molar-refractivity contribution in [3.63, 3.8) is 0 Å². The lowest BCUT2D eigenvalue weighted by Crippen LogP contribution is -2.27. The number of aryl methyl sites for hydroxylation is 1. The molecular weight excluding hydrogens is 282 g/mol. The molecule has 0 saturated carbocycles. The van der Waals surface area contributed by atoms with Crippen molar-refractivity contribution in [3.8, 4) is 0 Å². The number of aromatic nitrogens is 2. The van der Waals surface area contributed by atoms with Gasteiger partial charge in [-0.2, -0.15) is 5.10 Å². The lowest BCUT2D eigenvalue weighted by atomic mass is 10.1. The zero-order valence-corrected chi connectivity index (χ0v) is 12.9. The van der Waals surface area contributed by atoms with Crippen LogP contribution in [0.2, 0.25) is 0 Å². The number of ether oxygens (including phenoxy) is 1. The second kappa shape index (κ2) is 7.72. The topological polar surface area (TPSA) is 67.6 Å². The fourth-order valence-electron chi connectivity index (χ4n) is 2.23. The van der Waals surface area contributed by atoms with Gasteiger partial charge in [-0.15, -0.1) is 0 Å². The third-order valence-electron chi connectivity index (χ3n) is 3.53. The number of rotatable bonds is 8. The van der Waals surface area contributed by atoms with Crippen LogP contribution in [0.3, 0.4) is 0 Å². The molecule has 1 N–H and O–H groups in total. The van der Waals surface area contributed by atoms with E-state index in [1.54, 1.807) is 25.4 Å². The van der Waals surface area contributed by atoms with E-state index < -0.39 is 5.97 Å². The molecule has 1 aromatic carbocycles. The smallest absolute Gasteiger partial charge is 0.335 e. The molecule has 2 rings (SSSR count). The summed E-state index contributed by atoms with van der Waals surface area (Å²) in [5.41, 5.74) is 2.50. The Hall–Kier alpha value is -2.18. The van der Waals surface area contributed by atoms with Gasteiger partial charge in [-0.3, -0.25) is 9.58 Å². The molecule has 0 aliphatic heterocycles. The van der Waals surface area contributed by atoms with Gasteiger partial charge in [-0.05, 0) is 23.8 Å². The third kappa shape index (κ3) is 4.41. The highest BCUT2D eigenvalue weighted by Gasteiger charge is 2.10. The van der Waals surface area contributed by atoms with Crippen LogP contribution in [0.25, 0.3) is 0 Å². The van der Waals surface area contributed by atoms with Crippen molar-refractivity contribution in [1.82, 2.24) is 14.7 Å². The summed E-state index contributed by atoms with van der Waals surface area (Å²) < 4.78 is 7.02. The Labute approximate surface area is 129 Å². The summed E-state index contributed by atoms with van der Waals surface area (Å²) in [5, 5.41) is 13.1. The molecule has 0 spiro atoms. The standard InChI is InChI=1S/C16H21N3O3/c1-18-15(7-8-17-18)12-19(9-10-22-2)11-13-3-5-14(6-4-13)16(20)21/h3-8H,9-12H2,1-2H3,(H,20,21).